The van der Waals surface area contributed by atoms with Crippen LogP contribution in [-0.4, -0.2) is 18.4 Å². The molecule has 1 heterocycles. The number of hydrogen-bond donors (Lipinski definition) is 1. The lowest BCUT2D eigenvalue weighted by molar-refractivity contribution is -0.122. The molecular weight excluding hydrogens is 359 g/mol. The molecule has 1 fully saturated rings. The summed E-state index contributed by atoms with van der Waals surface area (Å²) in [7, 11) is 0. The summed E-state index contributed by atoms with van der Waals surface area (Å²) in [5.41, 5.74) is 3.60. The first-order valence-electron chi connectivity index (χ1n) is 7.98. The largest absolute Gasteiger partial charge is 0.326 e. The van der Waals surface area contributed by atoms with Crippen LogP contribution in [0.5, 0.6) is 0 Å². The third-order valence-corrected chi connectivity index (χ3v) is 5.07. The number of aryl methyl sites for hydroxylation is 2. The second-order valence-electron chi connectivity index (χ2n) is 6.31. The van der Waals surface area contributed by atoms with Gasteiger partial charge in [0.25, 0.3) is 0 Å². The van der Waals surface area contributed by atoms with Gasteiger partial charge >= 0.3 is 0 Å². The number of hydrogen-bond acceptors (Lipinski definition) is 2. The molecule has 2 amide bonds. The van der Waals surface area contributed by atoms with Crippen LogP contribution in [0, 0.1) is 19.8 Å². The molecule has 6 heteroatoms. The molecular formula is C19H18Cl2N2O2. The summed E-state index contributed by atoms with van der Waals surface area (Å²) >= 11 is 11.8. The highest BCUT2D eigenvalue weighted by molar-refractivity contribution is 6.42. The molecule has 25 heavy (non-hydrogen) atoms. The van der Waals surface area contributed by atoms with E-state index in [0.717, 1.165) is 16.8 Å². The minimum Gasteiger partial charge on any atom is -0.326 e. The molecule has 1 aliphatic heterocycles. The van der Waals surface area contributed by atoms with Crippen LogP contribution in [0.15, 0.2) is 36.4 Å². The number of anilines is 2. The quantitative estimate of drug-likeness (QED) is 0.850. The minimum atomic E-state index is -0.400. The molecule has 2 aromatic rings. The molecule has 0 spiro atoms. The number of benzene rings is 2. The predicted molar refractivity (Wildman–Crippen MR) is 101 cm³/mol. The number of amides is 2. The van der Waals surface area contributed by atoms with Crippen molar-refractivity contribution >= 4 is 46.4 Å². The maximum Gasteiger partial charge on any atom is 0.229 e. The SMILES string of the molecule is Cc1ccc(N2C[C@@H](C(=O)Nc3ccc(Cl)c(Cl)c3)CC2=O)c(C)c1. The topological polar surface area (TPSA) is 49.4 Å². The third kappa shape index (κ3) is 3.80. The zero-order chi connectivity index (χ0) is 18.1. The average Bonchev–Trinajstić information content (AvgIpc) is 2.93. The Labute approximate surface area is 156 Å². The lowest BCUT2D eigenvalue weighted by Gasteiger charge is -2.19. The Hall–Kier alpha value is -2.04. The van der Waals surface area contributed by atoms with E-state index in [2.05, 4.69) is 5.32 Å². The predicted octanol–water partition coefficient (Wildman–Crippen LogP) is 4.60. The molecule has 0 bridgehead atoms. The van der Waals surface area contributed by atoms with Crippen molar-refractivity contribution in [2.45, 2.75) is 20.3 Å². The van der Waals surface area contributed by atoms with Gasteiger partial charge in [-0.1, -0.05) is 40.9 Å². The van der Waals surface area contributed by atoms with Gasteiger partial charge in [-0.3, -0.25) is 9.59 Å². The van der Waals surface area contributed by atoms with E-state index >= 15 is 0 Å². The number of carbonyl (C=O) groups excluding carboxylic acids is 2. The van der Waals surface area contributed by atoms with E-state index in [0.29, 0.717) is 22.3 Å². The van der Waals surface area contributed by atoms with Crippen LogP contribution in [0.3, 0.4) is 0 Å². The molecule has 130 valence electrons. The molecule has 4 nitrogen and oxygen atoms in total. The van der Waals surface area contributed by atoms with Crippen LogP contribution in [0.25, 0.3) is 0 Å². The molecule has 1 N–H and O–H groups in total. The highest BCUT2D eigenvalue weighted by atomic mass is 35.5. The van der Waals surface area contributed by atoms with Gasteiger partial charge in [0.15, 0.2) is 0 Å². The van der Waals surface area contributed by atoms with Crippen molar-refractivity contribution in [1.29, 1.82) is 0 Å². The smallest absolute Gasteiger partial charge is 0.229 e. The van der Waals surface area contributed by atoms with E-state index < -0.39 is 5.92 Å². The number of nitrogens with one attached hydrogen (secondary N) is 1. The summed E-state index contributed by atoms with van der Waals surface area (Å²) in [5.74, 6) is -0.636. The third-order valence-electron chi connectivity index (χ3n) is 4.33. The van der Waals surface area contributed by atoms with Gasteiger partial charge in [0, 0.05) is 24.3 Å². The van der Waals surface area contributed by atoms with Gasteiger partial charge < -0.3 is 10.2 Å². The summed E-state index contributed by atoms with van der Waals surface area (Å²) in [6, 6.07) is 10.8. The van der Waals surface area contributed by atoms with Gasteiger partial charge in [0.2, 0.25) is 11.8 Å². The van der Waals surface area contributed by atoms with Gasteiger partial charge in [-0.15, -0.1) is 0 Å². The van der Waals surface area contributed by atoms with Gasteiger partial charge in [-0.2, -0.15) is 0 Å². The summed E-state index contributed by atoms with van der Waals surface area (Å²) < 4.78 is 0. The van der Waals surface area contributed by atoms with Crippen molar-refractivity contribution in [3.05, 3.63) is 57.6 Å². The molecule has 1 saturated heterocycles. The Balaban J connectivity index is 1.73. The minimum absolute atomic E-state index is 0.0405. The van der Waals surface area contributed by atoms with Crippen LogP contribution in [0.2, 0.25) is 10.0 Å². The first-order valence-corrected chi connectivity index (χ1v) is 8.74. The number of halogens is 2. The molecule has 1 atom stereocenters. The first kappa shape index (κ1) is 17.8. The maximum absolute atomic E-state index is 12.5. The monoisotopic (exact) mass is 376 g/mol. The Morgan fingerprint density at radius 3 is 2.56 bits per heavy atom. The Morgan fingerprint density at radius 2 is 1.88 bits per heavy atom. The van der Waals surface area contributed by atoms with E-state index in [1.807, 2.05) is 32.0 Å². The molecule has 0 radical (unpaired) electrons. The molecule has 0 unspecified atom stereocenters. The summed E-state index contributed by atoms with van der Waals surface area (Å²) in [4.78, 5) is 26.6. The molecule has 3 rings (SSSR count). The fourth-order valence-electron chi connectivity index (χ4n) is 3.04. The molecule has 2 aromatic carbocycles. The standard InChI is InChI=1S/C19H18Cl2N2O2/c1-11-3-6-17(12(2)7-11)23-10-13(8-18(23)24)19(25)22-14-4-5-15(20)16(21)9-14/h3-7,9,13H,8,10H2,1-2H3,(H,22,25)/t13-/m0/s1. The zero-order valence-electron chi connectivity index (χ0n) is 14.0. The van der Waals surface area contributed by atoms with Crippen LogP contribution >= 0.6 is 23.2 Å². The fraction of sp³-hybridized carbons (Fsp3) is 0.263. The van der Waals surface area contributed by atoms with Crippen molar-refractivity contribution in [2.24, 2.45) is 5.92 Å². The molecule has 0 aromatic heterocycles. The lowest BCUT2D eigenvalue weighted by Crippen LogP contribution is -2.28. The van der Waals surface area contributed by atoms with Crippen molar-refractivity contribution in [3.8, 4) is 0 Å². The van der Waals surface area contributed by atoms with Crippen molar-refractivity contribution < 1.29 is 9.59 Å². The fourth-order valence-corrected chi connectivity index (χ4v) is 3.34. The Kier molecular flexibility index (Phi) is 5.02. The summed E-state index contributed by atoms with van der Waals surface area (Å²) in [6.45, 7) is 4.35. The Bertz CT molecular complexity index is 851. The van der Waals surface area contributed by atoms with E-state index in [-0.39, 0.29) is 18.2 Å². The number of rotatable bonds is 3. The Morgan fingerprint density at radius 1 is 1.12 bits per heavy atom. The van der Waals surface area contributed by atoms with Gasteiger partial charge in [-0.05, 0) is 43.7 Å². The van der Waals surface area contributed by atoms with Crippen LogP contribution < -0.4 is 10.2 Å². The first-order chi connectivity index (χ1) is 11.8. The molecule has 0 saturated carbocycles. The van der Waals surface area contributed by atoms with Gasteiger partial charge in [0.05, 0.1) is 16.0 Å². The highest BCUT2D eigenvalue weighted by Crippen LogP contribution is 2.30. The van der Waals surface area contributed by atoms with E-state index in [9.17, 15) is 9.59 Å². The summed E-state index contributed by atoms with van der Waals surface area (Å²) in [6.07, 6.45) is 0.195. The molecule has 0 aliphatic carbocycles. The molecule has 1 aliphatic rings. The van der Waals surface area contributed by atoms with Crippen LogP contribution in [0.1, 0.15) is 17.5 Å². The zero-order valence-corrected chi connectivity index (χ0v) is 15.5. The second-order valence-corrected chi connectivity index (χ2v) is 7.13. The van der Waals surface area contributed by atoms with Crippen molar-refractivity contribution in [1.82, 2.24) is 0 Å². The van der Waals surface area contributed by atoms with Crippen LogP contribution in [-0.2, 0) is 9.59 Å². The van der Waals surface area contributed by atoms with Crippen molar-refractivity contribution in [2.75, 3.05) is 16.8 Å². The highest BCUT2D eigenvalue weighted by Gasteiger charge is 2.35. The number of carbonyl (C=O) groups is 2. The lowest BCUT2D eigenvalue weighted by atomic mass is 10.1. The second kappa shape index (κ2) is 7.06. The summed E-state index contributed by atoms with van der Waals surface area (Å²) in [5, 5.41) is 3.61. The van der Waals surface area contributed by atoms with E-state index in [1.54, 1.807) is 23.1 Å². The maximum atomic E-state index is 12.5. The normalized spacial score (nSPS) is 17.0. The van der Waals surface area contributed by atoms with E-state index in [4.69, 9.17) is 23.2 Å². The average molecular weight is 377 g/mol. The van der Waals surface area contributed by atoms with Gasteiger partial charge in [-0.25, -0.2) is 0 Å². The van der Waals surface area contributed by atoms with Crippen molar-refractivity contribution in [3.63, 3.8) is 0 Å². The van der Waals surface area contributed by atoms with Crippen LogP contribution in [0.4, 0.5) is 11.4 Å². The van der Waals surface area contributed by atoms with E-state index in [1.165, 1.54) is 0 Å². The number of nitrogens with zero attached hydrogens (tertiary/aromatic N) is 1. The van der Waals surface area contributed by atoms with Gasteiger partial charge in [0.1, 0.15) is 0 Å².